The zero-order chi connectivity index (χ0) is 20.6. The Morgan fingerprint density at radius 3 is 2.59 bits per heavy atom. The van der Waals surface area contributed by atoms with Crippen LogP contribution in [-0.4, -0.2) is 42.1 Å². The van der Waals surface area contributed by atoms with E-state index in [4.69, 9.17) is 0 Å². The van der Waals surface area contributed by atoms with Crippen LogP contribution >= 0.6 is 0 Å². The van der Waals surface area contributed by atoms with Gasteiger partial charge in [-0.05, 0) is 45.4 Å². The number of hydrogen-bond acceptors (Lipinski definition) is 5. The highest BCUT2D eigenvalue weighted by Gasteiger charge is 2.39. The van der Waals surface area contributed by atoms with Gasteiger partial charge in [-0.15, -0.1) is 5.10 Å². The summed E-state index contributed by atoms with van der Waals surface area (Å²) in [5.74, 6) is -0.248. The summed E-state index contributed by atoms with van der Waals surface area (Å²) in [7, 11) is 0. The second-order valence-corrected chi connectivity index (χ2v) is 8.15. The topological polar surface area (TPSA) is 76.3 Å². The largest absolute Gasteiger partial charge is 0.296 e. The summed E-state index contributed by atoms with van der Waals surface area (Å²) in [5.41, 5.74) is 5.04. The Morgan fingerprint density at radius 2 is 1.90 bits per heavy atom. The first-order chi connectivity index (χ1) is 13.8. The lowest BCUT2D eigenvalue weighted by Gasteiger charge is -2.27. The van der Waals surface area contributed by atoms with E-state index in [-0.39, 0.29) is 11.6 Å². The fourth-order valence-electron chi connectivity index (χ4n) is 3.64. The normalized spacial score (nSPS) is 15.4. The molecule has 3 heterocycles. The molecular weight excluding hydrogens is 364 g/mol. The Kier molecular flexibility index (Phi) is 4.74. The van der Waals surface area contributed by atoms with Gasteiger partial charge in [0, 0.05) is 12.6 Å². The molecule has 1 aromatic carbocycles. The SMILES string of the molecule is Cc1cc(C)cc(C2=NN(C(=O)c3cn(Cc4ccccn4)nn3)C(C)(C)C2)c1. The maximum absolute atomic E-state index is 13.1. The van der Waals surface area contributed by atoms with Gasteiger partial charge >= 0.3 is 0 Å². The number of pyridine rings is 1. The van der Waals surface area contributed by atoms with Crippen molar-refractivity contribution in [1.82, 2.24) is 25.0 Å². The molecule has 0 atom stereocenters. The number of nitrogens with zero attached hydrogens (tertiary/aromatic N) is 6. The molecule has 7 nitrogen and oxygen atoms in total. The van der Waals surface area contributed by atoms with E-state index in [1.54, 1.807) is 17.1 Å². The van der Waals surface area contributed by atoms with Crippen LogP contribution in [0.25, 0.3) is 0 Å². The van der Waals surface area contributed by atoms with E-state index in [2.05, 4.69) is 52.4 Å². The molecule has 3 aromatic rings. The van der Waals surface area contributed by atoms with Gasteiger partial charge in [-0.1, -0.05) is 40.6 Å². The van der Waals surface area contributed by atoms with Gasteiger partial charge in [-0.3, -0.25) is 9.78 Å². The van der Waals surface area contributed by atoms with Crippen molar-refractivity contribution in [2.75, 3.05) is 0 Å². The average Bonchev–Trinajstić information content (AvgIpc) is 3.25. The second-order valence-electron chi connectivity index (χ2n) is 8.15. The van der Waals surface area contributed by atoms with Crippen molar-refractivity contribution in [2.24, 2.45) is 5.10 Å². The molecule has 1 aliphatic rings. The van der Waals surface area contributed by atoms with Crippen LogP contribution < -0.4 is 0 Å². The Labute approximate surface area is 170 Å². The molecule has 0 saturated heterocycles. The van der Waals surface area contributed by atoms with Crippen LogP contribution in [0.15, 0.2) is 53.9 Å². The minimum absolute atomic E-state index is 0.248. The number of hydrogen-bond donors (Lipinski definition) is 0. The summed E-state index contributed by atoms with van der Waals surface area (Å²) in [6.45, 7) is 8.63. The first kappa shape index (κ1) is 19.0. The monoisotopic (exact) mass is 388 g/mol. The van der Waals surface area contributed by atoms with Crippen molar-refractivity contribution >= 4 is 11.6 Å². The van der Waals surface area contributed by atoms with E-state index in [1.807, 2.05) is 32.0 Å². The Hall–Kier alpha value is -3.35. The Bertz CT molecular complexity index is 1060. The van der Waals surface area contributed by atoms with Crippen LogP contribution in [0.4, 0.5) is 0 Å². The lowest BCUT2D eigenvalue weighted by atomic mass is 9.93. The minimum Gasteiger partial charge on any atom is -0.265 e. The Morgan fingerprint density at radius 1 is 1.14 bits per heavy atom. The molecule has 0 spiro atoms. The molecule has 0 unspecified atom stereocenters. The van der Waals surface area contributed by atoms with E-state index >= 15 is 0 Å². The molecule has 0 fully saturated rings. The Balaban J connectivity index is 1.58. The summed E-state index contributed by atoms with van der Waals surface area (Å²) >= 11 is 0. The van der Waals surface area contributed by atoms with Crippen LogP contribution in [0.2, 0.25) is 0 Å². The first-order valence-corrected chi connectivity index (χ1v) is 9.62. The van der Waals surface area contributed by atoms with Gasteiger partial charge in [0.1, 0.15) is 0 Å². The molecule has 1 amide bonds. The van der Waals surface area contributed by atoms with E-state index < -0.39 is 5.54 Å². The summed E-state index contributed by atoms with van der Waals surface area (Å²) in [5, 5.41) is 14.4. The van der Waals surface area contributed by atoms with Crippen molar-refractivity contribution in [3.05, 3.63) is 76.9 Å². The van der Waals surface area contributed by atoms with Crippen LogP contribution in [0.1, 0.15) is 53.1 Å². The fraction of sp³-hybridized carbons (Fsp3) is 0.318. The van der Waals surface area contributed by atoms with E-state index in [0.29, 0.717) is 13.0 Å². The van der Waals surface area contributed by atoms with E-state index in [1.165, 1.54) is 16.1 Å². The summed E-state index contributed by atoms with van der Waals surface area (Å²) < 4.78 is 1.62. The molecule has 2 aromatic heterocycles. The third kappa shape index (κ3) is 3.94. The van der Waals surface area contributed by atoms with E-state index in [0.717, 1.165) is 17.0 Å². The number of benzene rings is 1. The number of carbonyl (C=O) groups is 1. The van der Waals surface area contributed by atoms with Gasteiger partial charge in [0.05, 0.1) is 29.7 Å². The summed E-state index contributed by atoms with van der Waals surface area (Å²) in [6.07, 6.45) is 4.06. The number of aromatic nitrogens is 4. The number of aryl methyl sites for hydroxylation is 2. The lowest BCUT2D eigenvalue weighted by molar-refractivity contribution is 0.0606. The van der Waals surface area contributed by atoms with Crippen molar-refractivity contribution in [2.45, 2.75) is 46.2 Å². The van der Waals surface area contributed by atoms with Crippen molar-refractivity contribution in [1.29, 1.82) is 0 Å². The molecule has 0 aliphatic carbocycles. The van der Waals surface area contributed by atoms with Gasteiger partial charge in [-0.2, -0.15) is 5.10 Å². The predicted molar refractivity (Wildman–Crippen MR) is 111 cm³/mol. The maximum atomic E-state index is 13.1. The first-order valence-electron chi connectivity index (χ1n) is 9.62. The van der Waals surface area contributed by atoms with Crippen molar-refractivity contribution < 1.29 is 4.79 Å². The van der Waals surface area contributed by atoms with Crippen LogP contribution in [0.3, 0.4) is 0 Å². The zero-order valence-corrected chi connectivity index (χ0v) is 17.1. The molecule has 0 radical (unpaired) electrons. The third-order valence-electron chi connectivity index (χ3n) is 4.95. The van der Waals surface area contributed by atoms with Crippen LogP contribution in [-0.2, 0) is 6.54 Å². The fourth-order valence-corrected chi connectivity index (χ4v) is 3.64. The smallest absolute Gasteiger partial charge is 0.265 e. The number of hydrazone groups is 1. The lowest BCUT2D eigenvalue weighted by Crippen LogP contribution is -2.41. The van der Waals surface area contributed by atoms with Crippen LogP contribution in [0.5, 0.6) is 0 Å². The van der Waals surface area contributed by atoms with Gasteiger partial charge in [0.25, 0.3) is 5.91 Å². The summed E-state index contributed by atoms with van der Waals surface area (Å²) in [6, 6.07) is 12.0. The number of rotatable bonds is 4. The molecule has 0 N–H and O–H groups in total. The molecule has 7 heteroatoms. The molecular formula is C22H24N6O. The maximum Gasteiger partial charge on any atom is 0.296 e. The highest BCUT2D eigenvalue weighted by Crippen LogP contribution is 2.31. The number of amides is 1. The molecule has 148 valence electrons. The minimum atomic E-state index is -0.436. The number of carbonyl (C=O) groups excluding carboxylic acids is 1. The molecule has 0 saturated carbocycles. The molecule has 29 heavy (non-hydrogen) atoms. The summed E-state index contributed by atoms with van der Waals surface area (Å²) in [4.78, 5) is 17.4. The quantitative estimate of drug-likeness (QED) is 0.687. The molecule has 4 rings (SSSR count). The highest BCUT2D eigenvalue weighted by molar-refractivity contribution is 6.05. The van der Waals surface area contributed by atoms with Crippen molar-refractivity contribution in [3.8, 4) is 0 Å². The second kappa shape index (κ2) is 7.24. The van der Waals surface area contributed by atoms with Crippen LogP contribution in [0, 0.1) is 13.8 Å². The average molecular weight is 388 g/mol. The van der Waals surface area contributed by atoms with E-state index in [9.17, 15) is 4.79 Å². The van der Waals surface area contributed by atoms with Crippen molar-refractivity contribution in [3.63, 3.8) is 0 Å². The predicted octanol–water partition coefficient (Wildman–Crippen LogP) is 3.37. The molecule has 1 aliphatic heterocycles. The van der Waals surface area contributed by atoms with Gasteiger partial charge in [-0.25, -0.2) is 9.69 Å². The molecule has 0 bridgehead atoms. The van der Waals surface area contributed by atoms with Gasteiger partial charge in [0.15, 0.2) is 5.69 Å². The highest BCUT2D eigenvalue weighted by atomic mass is 16.2. The standard InChI is InChI=1S/C22H24N6O/c1-15-9-16(2)11-17(10-15)19-12-22(3,4)28(25-19)21(29)20-14-27(26-24-20)13-18-7-5-6-8-23-18/h5-11,14H,12-13H2,1-4H3. The van der Waals surface area contributed by atoms with Gasteiger partial charge < -0.3 is 0 Å². The zero-order valence-electron chi connectivity index (χ0n) is 17.1. The van der Waals surface area contributed by atoms with Gasteiger partial charge in [0.2, 0.25) is 0 Å². The third-order valence-corrected chi connectivity index (χ3v) is 4.95.